The van der Waals surface area contributed by atoms with E-state index < -0.39 is 26.1 Å². The Morgan fingerprint density at radius 3 is 2.39 bits per heavy atom. The van der Waals surface area contributed by atoms with E-state index in [2.05, 4.69) is 21.7 Å². The molecule has 0 aliphatic rings. The van der Waals surface area contributed by atoms with E-state index in [1.165, 1.54) is 11.6 Å². The molecular formula is C24H31N7O4S. The van der Waals surface area contributed by atoms with Crippen LogP contribution in [0.15, 0.2) is 57.8 Å². The fraction of sp³-hybridized carbons (Fsp3) is 0.375. The molecule has 2 aromatic heterocycles. The minimum atomic E-state index is -3.97. The molecule has 2 heterocycles. The molecule has 1 aromatic carbocycles. The Hall–Kier alpha value is -3.80. The Morgan fingerprint density at radius 2 is 1.83 bits per heavy atom. The molecule has 36 heavy (non-hydrogen) atoms. The van der Waals surface area contributed by atoms with Gasteiger partial charge >= 0.3 is 5.69 Å². The lowest BCUT2D eigenvalue weighted by Crippen LogP contribution is -2.45. The number of nitrogens with two attached hydrogens (primary N) is 1. The minimum Gasteiger partial charge on any atom is -0.384 e. The highest BCUT2D eigenvalue weighted by Crippen LogP contribution is 2.19. The first-order chi connectivity index (χ1) is 16.7. The molecule has 0 aliphatic carbocycles. The highest BCUT2D eigenvalue weighted by atomic mass is 32.2. The van der Waals surface area contributed by atoms with Gasteiger partial charge in [-0.25, -0.2) is 22.9 Å². The Morgan fingerprint density at radius 1 is 1.19 bits per heavy atom. The molecule has 0 saturated heterocycles. The molecule has 0 atom stereocenters. The summed E-state index contributed by atoms with van der Waals surface area (Å²) in [5.41, 5.74) is 5.58. The van der Waals surface area contributed by atoms with Crippen molar-refractivity contribution in [1.82, 2.24) is 23.9 Å². The second-order valence-corrected chi connectivity index (χ2v) is 11.6. The zero-order chi connectivity index (χ0) is 26.8. The van der Waals surface area contributed by atoms with Crippen LogP contribution < -0.4 is 17.0 Å². The number of rotatable bonds is 7. The number of nitrogens with zero attached hydrogens (tertiary/aromatic N) is 6. The van der Waals surface area contributed by atoms with E-state index in [1.807, 2.05) is 20.8 Å². The maximum absolute atomic E-state index is 13.0. The topological polar surface area (TPSA) is 147 Å². The number of aromatic nitrogens is 5. The number of anilines is 1. The molecule has 0 radical (unpaired) electrons. The highest BCUT2D eigenvalue weighted by Gasteiger charge is 2.27. The van der Waals surface area contributed by atoms with Crippen molar-refractivity contribution in [2.24, 2.45) is 17.5 Å². The quantitative estimate of drug-likeness (QED) is 0.286. The summed E-state index contributed by atoms with van der Waals surface area (Å²) in [6, 6.07) is 7.15. The van der Waals surface area contributed by atoms with Gasteiger partial charge in [-0.15, -0.1) is 6.58 Å². The van der Waals surface area contributed by atoms with Crippen molar-refractivity contribution in [3.05, 3.63) is 81.0 Å². The molecule has 0 amide bonds. The lowest BCUT2D eigenvalue weighted by atomic mass is 9.97. The van der Waals surface area contributed by atoms with Crippen LogP contribution in [0.25, 0.3) is 5.69 Å². The van der Waals surface area contributed by atoms with Gasteiger partial charge in [0.05, 0.1) is 12.2 Å². The summed E-state index contributed by atoms with van der Waals surface area (Å²) in [6.45, 7) is 9.54. The lowest BCUT2D eigenvalue weighted by molar-refractivity contribution is 0.334. The van der Waals surface area contributed by atoms with Crippen LogP contribution in [-0.4, -0.2) is 43.6 Å². The second kappa shape index (κ2) is 10.1. The van der Waals surface area contributed by atoms with Gasteiger partial charge in [0, 0.05) is 26.3 Å². The summed E-state index contributed by atoms with van der Waals surface area (Å²) in [5.74, 6) is 0.419. The van der Waals surface area contributed by atoms with Gasteiger partial charge in [0.2, 0.25) is 0 Å². The summed E-state index contributed by atoms with van der Waals surface area (Å²) in [7, 11) is -2.68. The number of allylic oxidation sites excluding steroid dienone is 1. The lowest BCUT2D eigenvalue weighted by Gasteiger charge is -2.23. The summed E-state index contributed by atoms with van der Waals surface area (Å²) in [4.78, 5) is 34.2. The van der Waals surface area contributed by atoms with E-state index in [4.69, 9.17) is 5.73 Å². The number of nitrogen functional groups attached to an aromatic ring is 1. The Labute approximate surface area is 209 Å². The third-order valence-electron chi connectivity index (χ3n) is 5.25. The van der Waals surface area contributed by atoms with Crippen LogP contribution in [0.3, 0.4) is 0 Å². The fourth-order valence-corrected chi connectivity index (χ4v) is 4.42. The second-order valence-electron chi connectivity index (χ2n) is 9.71. The van der Waals surface area contributed by atoms with E-state index in [0.29, 0.717) is 17.8 Å². The monoisotopic (exact) mass is 513 g/mol. The van der Waals surface area contributed by atoms with E-state index in [1.54, 1.807) is 41.4 Å². The van der Waals surface area contributed by atoms with Crippen molar-refractivity contribution in [1.29, 1.82) is 0 Å². The van der Waals surface area contributed by atoms with Crippen LogP contribution in [0.1, 0.15) is 37.7 Å². The van der Waals surface area contributed by atoms with Gasteiger partial charge in [-0.2, -0.15) is 5.10 Å². The molecule has 11 nitrogen and oxygen atoms in total. The molecular weight excluding hydrogens is 482 g/mol. The standard InChI is InChI=1S/C24H31N7O4S/c1-7-8-18-27-15-31(28-18)17-11-9-16(10-12-17)13-26-21(36(6,34)35)19-20(25)30(14-24(2,3)4)23(33)29(5)22(19)32/h7,9-12,15H,1,8,13-14,25H2,2-6H3. The van der Waals surface area contributed by atoms with Gasteiger partial charge < -0.3 is 5.73 Å². The molecule has 3 aromatic rings. The van der Waals surface area contributed by atoms with E-state index in [-0.39, 0.29) is 29.9 Å². The number of benzene rings is 1. The molecule has 12 heteroatoms. The van der Waals surface area contributed by atoms with Crippen LogP contribution in [0, 0.1) is 5.41 Å². The average Bonchev–Trinajstić information content (AvgIpc) is 3.25. The van der Waals surface area contributed by atoms with Gasteiger partial charge in [-0.05, 0) is 23.1 Å². The van der Waals surface area contributed by atoms with Crippen LogP contribution in [-0.2, 0) is 36.4 Å². The predicted octanol–water partition coefficient (Wildman–Crippen LogP) is 1.48. The maximum Gasteiger partial charge on any atom is 0.332 e. The molecule has 192 valence electrons. The molecule has 0 bridgehead atoms. The van der Waals surface area contributed by atoms with Crippen LogP contribution in [0.2, 0.25) is 0 Å². The number of hydrogen-bond donors (Lipinski definition) is 1. The number of sulfone groups is 1. The van der Waals surface area contributed by atoms with Gasteiger partial charge in [-0.1, -0.05) is 39.0 Å². The highest BCUT2D eigenvalue weighted by molar-refractivity contribution is 8.06. The summed E-state index contributed by atoms with van der Waals surface area (Å²) < 4.78 is 29.1. The zero-order valence-corrected chi connectivity index (χ0v) is 21.9. The fourth-order valence-electron chi connectivity index (χ4n) is 3.55. The molecule has 0 spiro atoms. The van der Waals surface area contributed by atoms with Crippen molar-refractivity contribution in [3.63, 3.8) is 0 Å². The number of hydrogen-bond acceptors (Lipinski definition) is 8. The summed E-state index contributed by atoms with van der Waals surface area (Å²) in [5, 5.41) is 3.90. The van der Waals surface area contributed by atoms with Crippen LogP contribution >= 0.6 is 0 Å². The molecule has 2 N–H and O–H groups in total. The predicted molar refractivity (Wildman–Crippen MR) is 140 cm³/mol. The first kappa shape index (κ1) is 26.8. The van der Waals surface area contributed by atoms with Gasteiger partial charge in [0.15, 0.2) is 20.7 Å². The van der Waals surface area contributed by atoms with Crippen molar-refractivity contribution in [3.8, 4) is 5.69 Å². The molecule has 0 aliphatic heterocycles. The maximum atomic E-state index is 13.0. The first-order valence-electron chi connectivity index (χ1n) is 11.2. The third-order valence-corrected chi connectivity index (χ3v) is 6.29. The smallest absolute Gasteiger partial charge is 0.332 e. The Bertz CT molecular complexity index is 1540. The van der Waals surface area contributed by atoms with E-state index in [9.17, 15) is 18.0 Å². The van der Waals surface area contributed by atoms with E-state index in [0.717, 1.165) is 16.5 Å². The third kappa shape index (κ3) is 5.88. The van der Waals surface area contributed by atoms with Gasteiger partial charge in [0.1, 0.15) is 17.7 Å². The van der Waals surface area contributed by atoms with Gasteiger partial charge in [-0.3, -0.25) is 18.9 Å². The zero-order valence-electron chi connectivity index (χ0n) is 21.1. The normalized spacial score (nSPS) is 12.6. The summed E-state index contributed by atoms with van der Waals surface area (Å²) >= 11 is 0. The average molecular weight is 514 g/mol. The van der Waals surface area contributed by atoms with Crippen molar-refractivity contribution >= 4 is 20.7 Å². The van der Waals surface area contributed by atoms with Crippen molar-refractivity contribution in [2.75, 3.05) is 12.0 Å². The number of aliphatic imine (C=N–C) groups is 1. The Kier molecular flexibility index (Phi) is 7.48. The van der Waals surface area contributed by atoms with Crippen molar-refractivity contribution < 1.29 is 8.42 Å². The molecule has 0 saturated carbocycles. The first-order valence-corrected chi connectivity index (χ1v) is 13.1. The van der Waals surface area contributed by atoms with Crippen molar-refractivity contribution in [2.45, 2.75) is 40.3 Å². The van der Waals surface area contributed by atoms with Gasteiger partial charge in [0.25, 0.3) is 5.56 Å². The molecule has 3 rings (SSSR count). The molecule has 0 fully saturated rings. The summed E-state index contributed by atoms with van der Waals surface area (Å²) in [6.07, 6.45) is 4.83. The van der Waals surface area contributed by atoms with E-state index >= 15 is 0 Å². The minimum absolute atomic E-state index is 0.0251. The van der Waals surface area contributed by atoms with Crippen LogP contribution in [0.5, 0.6) is 0 Å². The molecule has 0 unspecified atom stereocenters. The largest absolute Gasteiger partial charge is 0.384 e. The Balaban J connectivity index is 2.03. The SMILES string of the molecule is C=CCc1ncn(-c2ccc(CN=C(c3c(N)n(CC(C)(C)C)c(=O)n(C)c3=O)S(C)(=O)=O)cc2)n1. The van der Waals surface area contributed by atoms with Crippen LogP contribution in [0.4, 0.5) is 5.82 Å².